The smallest absolute Gasteiger partial charge is 0.253 e. The molecule has 0 spiro atoms. The maximum atomic E-state index is 12.5. The first-order valence-corrected chi connectivity index (χ1v) is 8.51. The summed E-state index contributed by atoms with van der Waals surface area (Å²) in [4.78, 5) is 16.5. The second kappa shape index (κ2) is 7.79. The molecule has 2 aromatic rings. The van der Waals surface area contributed by atoms with Crippen molar-refractivity contribution >= 4 is 17.5 Å². The highest BCUT2D eigenvalue weighted by molar-refractivity contribution is 6.30. The monoisotopic (exact) mass is 344 g/mol. The molecule has 0 aliphatic carbocycles. The van der Waals surface area contributed by atoms with Gasteiger partial charge in [-0.1, -0.05) is 41.9 Å². The summed E-state index contributed by atoms with van der Waals surface area (Å²) in [5.41, 5.74) is 1.59. The lowest BCUT2D eigenvalue weighted by Crippen LogP contribution is -2.49. The molecule has 1 unspecified atom stereocenters. The molecule has 24 heavy (non-hydrogen) atoms. The molecule has 1 aliphatic rings. The van der Waals surface area contributed by atoms with Crippen molar-refractivity contribution in [3.8, 4) is 0 Å². The molecule has 1 fully saturated rings. The number of piperazine rings is 1. The van der Waals surface area contributed by atoms with Crippen LogP contribution >= 0.6 is 11.6 Å². The van der Waals surface area contributed by atoms with E-state index in [4.69, 9.17) is 11.6 Å². The van der Waals surface area contributed by atoms with Crippen LogP contribution < -0.4 is 0 Å². The molecule has 1 heterocycles. The zero-order valence-corrected chi connectivity index (χ0v) is 14.2. The van der Waals surface area contributed by atoms with E-state index in [2.05, 4.69) is 4.90 Å². The lowest BCUT2D eigenvalue weighted by Gasteiger charge is -2.35. The highest BCUT2D eigenvalue weighted by Crippen LogP contribution is 2.16. The molecule has 1 atom stereocenters. The summed E-state index contributed by atoms with van der Waals surface area (Å²) in [5, 5.41) is 10.9. The van der Waals surface area contributed by atoms with Crippen LogP contribution in [0, 0.1) is 0 Å². The van der Waals surface area contributed by atoms with Gasteiger partial charge >= 0.3 is 0 Å². The maximum Gasteiger partial charge on any atom is 0.253 e. The molecule has 1 amide bonds. The van der Waals surface area contributed by atoms with Crippen LogP contribution in [0.2, 0.25) is 5.02 Å². The normalized spacial score (nSPS) is 16.8. The third-order valence-corrected chi connectivity index (χ3v) is 4.62. The van der Waals surface area contributed by atoms with Crippen molar-refractivity contribution in [2.24, 2.45) is 0 Å². The fourth-order valence-electron chi connectivity index (χ4n) is 2.93. The first-order chi connectivity index (χ1) is 11.6. The number of benzene rings is 2. The topological polar surface area (TPSA) is 43.8 Å². The average Bonchev–Trinajstić information content (AvgIpc) is 2.63. The third kappa shape index (κ3) is 4.15. The Bertz CT molecular complexity index is 668. The number of carbonyl (C=O) groups is 1. The number of amides is 1. The van der Waals surface area contributed by atoms with Gasteiger partial charge in [0.25, 0.3) is 5.91 Å². The molecule has 1 saturated heterocycles. The Morgan fingerprint density at radius 3 is 2.25 bits per heavy atom. The van der Waals surface area contributed by atoms with Crippen LogP contribution in [-0.2, 0) is 0 Å². The molecule has 1 aliphatic heterocycles. The van der Waals surface area contributed by atoms with Gasteiger partial charge in [0.1, 0.15) is 0 Å². The van der Waals surface area contributed by atoms with E-state index in [1.165, 1.54) is 0 Å². The van der Waals surface area contributed by atoms with Crippen molar-refractivity contribution < 1.29 is 9.90 Å². The number of β-amino-alcohol motifs (C(OH)–C–C–N with tert-alkyl or cyclic N) is 1. The molecular weight excluding hydrogens is 324 g/mol. The highest BCUT2D eigenvalue weighted by atomic mass is 35.5. The molecule has 0 aromatic heterocycles. The van der Waals surface area contributed by atoms with Crippen LogP contribution in [0.4, 0.5) is 0 Å². The summed E-state index contributed by atoms with van der Waals surface area (Å²) in [5.74, 6) is 0.0370. The average molecular weight is 345 g/mol. The first kappa shape index (κ1) is 17.0. The van der Waals surface area contributed by atoms with E-state index in [0.29, 0.717) is 30.2 Å². The molecule has 126 valence electrons. The van der Waals surface area contributed by atoms with Crippen molar-refractivity contribution in [3.05, 3.63) is 70.7 Å². The Labute approximate surface area is 147 Å². The molecular formula is C19H21ClN2O2. The number of hydrogen-bond donors (Lipinski definition) is 1. The fraction of sp³-hybridized carbons (Fsp3) is 0.316. The Balaban J connectivity index is 1.52. The third-order valence-electron chi connectivity index (χ3n) is 4.37. The number of rotatable bonds is 4. The number of hydrogen-bond acceptors (Lipinski definition) is 3. The highest BCUT2D eigenvalue weighted by Gasteiger charge is 2.23. The van der Waals surface area contributed by atoms with E-state index < -0.39 is 6.10 Å². The molecule has 2 aromatic carbocycles. The predicted molar refractivity (Wildman–Crippen MR) is 95.2 cm³/mol. The summed E-state index contributed by atoms with van der Waals surface area (Å²) in [6.45, 7) is 3.46. The summed E-state index contributed by atoms with van der Waals surface area (Å²) < 4.78 is 0. The first-order valence-electron chi connectivity index (χ1n) is 8.14. The van der Waals surface area contributed by atoms with Crippen molar-refractivity contribution in [1.29, 1.82) is 0 Å². The lowest BCUT2D eigenvalue weighted by atomic mass is 10.1. The van der Waals surface area contributed by atoms with Gasteiger partial charge < -0.3 is 10.0 Å². The Kier molecular flexibility index (Phi) is 5.51. The largest absolute Gasteiger partial charge is 0.387 e. The molecule has 3 rings (SSSR count). The van der Waals surface area contributed by atoms with Crippen molar-refractivity contribution in [1.82, 2.24) is 9.80 Å². The lowest BCUT2D eigenvalue weighted by molar-refractivity contribution is 0.0527. The van der Waals surface area contributed by atoms with Gasteiger partial charge in [-0.3, -0.25) is 9.69 Å². The summed E-state index contributed by atoms with van der Waals surface area (Å²) in [6.07, 6.45) is -0.496. The minimum atomic E-state index is -0.496. The molecule has 1 N–H and O–H groups in total. The van der Waals surface area contributed by atoms with Crippen LogP contribution in [-0.4, -0.2) is 53.5 Å². The zero-order valence-electron chi connectivity index (χ0n) is 13.4. The quantitative estimate of drug-likeness (QED) is 0.927. The van der Waals surface area contributed by atoms with Crippen LogP contribution in [0.5, 0.6) is 0 Å². The van der Waals surface area contributed by atoms with Gasteiger partial charge in [0.05, 0.1) is 6.10 Å². The number of nitrogens with zero attached hydrogens (tertiary/aromatic N) is 2. The SMILES string of the molecule is O=C(c1ccc(Cl)cc1)N1CCN(CC(O)c2ccccc2)CC1. The van der Waals surface area contributed by atoms with Gasteiger partial charge in [0, 0.05) is 43.3 Å². The van der Waals surface area contributed by atoms with Gasteiger partial charge in [0.2, 0.25) is 0 Å². The minimum absolute atomic E-state index is 0.0370. The van der Waals surface area contributed by atoms with Crippen molar-refractivity contribution in [2.75, 3.05) is 32.7 Å². The molecule has 0 saturated carbocycles. The van der Waals surface area contributed by atoms with Gasteiger partial charge in [0.15, 0.2) is 0 Å². The number of carbonyl (C=O) groups excluding carboxylic acids is 1. The minimum Gasteiger partial charge on any atom is -0.387 e. The van der Waals surface area contributed by atoms with E-state index in [1.807, 2.05) is 35.2 Å². The van der Waals surface area contributed by atoms with E-state index in [0.717, 1.165) is 18.7 Å². The molecule has 0 radical (unpaired) electrons. The Hall–Kier alpha value is -1.88. The number of aliphatic hydroxyl groups excluding tert-OH is 1. The van der Waals surface area contributed by atoms with E-state index in [1.54, 1.807) is 24.3 Å². The van der Waals surface area contributed by atoms with Crippen molar-refractivity contribution in [2.45, 2.75) is 6.10 Å². The van der Waals surface area contributed by atoms with Gasteiger partial charge in [-0.25, -0.2) is 0 Å². The van der Waals surface area contributed by atoms with E-state index in [-0.39, 0.29) is 5.91 Å². The van der Waals surface area contributed by atoms with Gasteiger partial charge in [-0.15, -0.1) is 0 Å². The molecule has 0 bridgehead atoms. The second-order valence-electron chi connectivity index (χ2n) is 6.03. The fourth-order valence-corrected chi connectivity index (χ4v) is 3.06. The van der Waals surface area contributed by atoms with Crippen molar-refractivity contribution in [3.63, 3.8) is 0 Å². The number of aliphatic hydroxyl groups is 1. The summed E-state index contributed by atoms with van der Waals surface area (Å²) in [7, 11) is 0. The van der Waals surface area contributed by atoms with Crippen LogP contribution in [0.1, 0.15) is 22.0 Å². The Morgan fingerprint density at radius 2 is 1.62 bits per heavy atom. The Morgan fingerprint density at radius 1 is 1.00 bits per heavy atom. The van der Waals surface area contributed by atoms with Gasteiger partial charge in [-0.2, -0.15) is 0 Å². The predicted octanol–water partition coefficient (Wildman–Crippen LogP) is 2.83. The van der Waals surface area contributed by atoms with Crippen LogP contribution in [0.25, 0.3) is 0 Å². The standard InChI is InChI=1S/C19H21ClN2O2/c20-17-8-6-16(7-9-17)19(24)22-12-10-21(11-13-22)14-18(23)15-4-2-1-3-5-15/h1-9,18,23H,10-14H2. The summed E-state index contributed by atoms with van der Waals surface area (Å²) >= 11 is 5.86. The molecule has 5 heteroatoms. The molecule has 4 nitrogen and oxygen atoms in total. The second-order valence-corrected chi connectivity index (χ2v) is 6.46. The van der Waals surface area contributed by atoms with Crippen LogP contribution in [0.3, 0.4) is 0 Å². The van der Waals surface area contributed by atoms with Crippen LogP contribution in [0.15, 0.2) is 54.6 Å². The van der Waals surface area contributed by atoms with E-state index in [9.17, 15) is 9.90 Å². The zero-order chi connectivity index (χ0) is 16.9. The van der Waals surface area contributed by atoms with Gasteiger partial charge in [-0.05, 0) is 29.8 Å². The maximum absolute atomic E-state index is 12.5. The van der Waals surface area contributed by atoms with E-state index >= 15 is 0 Å². The number of halogens is 1. The summed E-state index contributed by atoms with van der Waals surface area (Å²) in [6, 6.07) is 16.7.